The molecule has 3 aliphatic rings. The fourth-order valence-electron chi connectivity index (χ4n) is 5.21. The number of amides is 1. The molecule has 1 amide bonds. The third-order valence-corrected chi connectivity index (χ3v) is 8.52. The molecule has 3 aromatic carbocycles. The largest absolute Gasteiger partial charge is 0.454 e. The second kappa shape index (κ2) is 11.2. The summed E-state index contributed by atoms with van der Waals surface area (Å²) in [7, 11) is 2.18. The molecule has 1 N–H and O–H groups in total. The molecule has 0 unspecified atom stereocenters. The van der Waals surface area contributed by atoms with Crippen LogP contribution in [0.1, 0.15) is 30.4 Å². The molecule has 0 bridgehead atoms. The van der Waals surface area contributed by atoms with Crippen molar-refractivity contribution in [2.75, 3.05) is 38.1 Å². The minimum atomic E-state index is -0.0426. The van der Waals surface area contributed by atoms with Crippen LogP contribution in [0, 0.1) is 0 Å². The third-order valence-electron chi connectivity index (χ3n) is 7.42. The van der Waals surface area contributed by atoms with Crippen LogP contribution >= 0.6 is 11.8 Å². The van der Waals surface area contributed by atoms with Gasteiger partial charge in [0.15, 0.2) is 11.5 Å². The number of nitrogens with one attached hydrogen (secondary N) is 1. The second-order valence-corrected chi connectivity index (χ2v) is 11.1. The Labute approximate surface area is 228 Å². The van der Waals surface area contributed by atoms with Crippen LogP contribution in [0.2, 0.25) is 0 Å². The Balaban J connectivity index is 1.14. The average molecular weight is 529 g/mol. The van der Waals surface area contributed by atoms with Crippen LogP contribution in [0.25, 0.3) is 17.2 Å². The molecule has 1 saturated heterocycles. The third kappa shape index (κ3) is 5.60. The molecule has 3 aromatic rings. The van der Waals surface area contributed by atoms with E-state index in [1.807, 2.05) is 36.4 Å². The van der Waals surface area contributed by atoms with E-state index in [1.54, 1.807) is 11.8 Å². The van der Waals surface area contributed by atoms with Gasteiger partial charge in [0.25, 0.3) is 5.91 Å². The van der Waals surface area contributed by atoms with Gasteiger partial charge < -0.3 is 19.5 Å². The number of hydrogen-bond donors (Lipinski definition) is 1. The summed E-state index contributed by atoms with van der Waals surface area (Å²) in [6.45, 7) is 2.84. The van der Waals surface area contributed by atoms with Crippen LogP contribution in [0.3, 0.4) is 0 Å². The van der Waals surface area contributed by atoms with E-state index in [4.69, 9.17) is 14.2 Å². The Bertz CT molecular complexity index is 1350. The number of ether oxygens (including phenoxy) is 3. The van der Waals surface area contributed by atoms with Crippen molar-refractivity contribution >= 4 is 29.4 Å². The summed E-state index contributed by atoms with van der Waals surface area (Å²) in [5, 5.41) is 3.11. The molecule has 38 heavy (non-hydrogen) atoms. The van der Waals surface area contributed by atoms with Crippen LogP contribution < -0.4 is 14.8 Å². The number of anilines is 1. The van der Waals surface area contributed by atoms with Crippen LogP contribution in [-0.2, 0) is 16.1 Å². The quantitative estimate of drug-likeness (QED) is 0.410. The van der Waals surface area contributed by atoms with Gasteiger partial charge in [-0.2, -0.15) is 0 Å². The smallest absolute Gasteiger partial charge is 0.251 e. The Morgan fingerprint density at radius 3 is 2.58 bits per heavy atom. The molecule has 6 rings (SSSR count). The molecule has 0 spiro atoms. The van der Waals surface area contributed by atoms with E-state index in [-0.39, 0.29) is 12.7 Å². The topological polar surface area (TPSA) is 60.0 Å². The summed E-state index contributed by atoms with van der Waals surface area (Å²) in [6.07, 6.45) is 4.93. The zero-order valence-electron chi connectivity index (χ0n) is 21.6. The SMILES string of the molecule is CN(Cc1ccc(NC(=O)C2=Cc3cc(-c4ccc5c(c4)OCO5)ccc3SCC2)cc1)C1CCOCC1. The Morgan fingerprint density at radius 1 is 0.974 bits per heavy atom. The molecule has 1 fully saturated rings. The highest BCUT2D eigenvalue weighted by Gasteiger charge is 2.20. The summed E-state index contributed by atoms with van der Waals surface area (Å²) < 4.78 is 16.5. The number of carbonyl (C=O) groups excluding carboxylic acids is 1. The van der Waals surface area contributed by atoms with Crippen molar-refractivity contribution < 1.29 is 19.0 Å². The van der Waals surface area contributed by atoms with E-state index in [0.29, 0.717) is 6.04 Å². The molecular formula is C31H32N2O4S. The number of fused-ring (bicyclic) bond motifs is 2. The van der Waals surface area contributed by atoms with Crippen molar-refractivity contribution in [3.8, 4) is 22.6 Å². The number of benzene rings is 3. The first-order chi connectivity index (χ1) is 18.6. The lowest BCUT2D eigenvalue weighted by molar-refractivity contribution is -0.112. The molecule has 196 valence electrons. The van der Waals surface area contributed by atoms with Crippen LogP contribution in [-0.4, -0.2) is 49.7 Å². The highest BCUT2D eigenvalue weighted by molar-refractivity contribution is 7.99. The number of thioether (sulfide) groups is 1. The predicted molar refractivity (Wildman–Crippen MR) is 152 cm³/mol. The van der Waals surface area contributed by atoms with Gasteiger partial charge in [0.1, 0.15) is 0 Å². The lowest BCUT2D eigenvalue weighted by atomic mass is 10.0. The van der Waals surface area contributed by atoms with Crippen LogP contribution in [0.5, 0.6) is 11.5 Å². The molecule has 0 saturated carbocycles. The Kier molecular flexibility index (Phi) is 7.40. The fraction of sp³-hybridized carbons (Fsp3) is 0.323. The minimum absolute atomic E-state index is 0.0426. The zero-order chi connectivity index (χ0) is 25.9. The number of hydrogen-bond acceptors (Lipinski definition) is 6. The van der Waals surface area contributed by atoms with E-state index in [1.165, 1.54) is 10.5 Å². The molecule has 0 atom stereocenters. The van der Waals surface area contributed by atoms with Crippen molar-refractivity contribution in [1.29, 1.82) is 0 Å². The summed E-state index contributed by atoms with van der Waals surface area (Å²) in [5.74, 6) is 2.37. The normalized spacial score (nSPS) is 17.1. The lowest BCUT2D eigenvalue weighted by Crippen LogP contribution is -2.36. The van der Waals surface area contributed by atoms with Crippen molar-refractivity contribution in [1.82, 2.24) is 4.90 Å². The van der Waals surface area contributed by atoms with E-state index in [0.717, 1.165) is 84.2 Å². The van der Waals surface area contributed by atoms with Gasteiger partial charge in [-0.1, -0.05) is 24.3 Å². The number of rotatable bonds is 6. The van der Waals surface area contributed by atoms with Gasteiger partial charge in [0, 0.05) is 47.7 Å². The van der Waals surface area contributed by atoms with Crippen molar-refractivity contribution in [2.24, 2.45) is 0 Å². The highest BCUT2D eigenvalue weighted by Crippen LogP contribution is 2.38. The molecule has 3 heterocycles. The summed E-state index contributed by atoms with van der Waals surface area (Å²) in [4.78, 5) is 16.8. The first-order valence-electron chi connectivity index (χ1n) is 13.2. The number of carbonyl (C=O) groups is 1. The van der Waals surface area contributed by atoms with E-state index >= 15 is 0 Å². The van der Waals surface area contributed by atoms with E-state index < -0.39 is 0 Å². The van der Waals surface area contributed by atoms with Gasteiger partial charge in [-0.25, -0.2) is 0 Å². The molecular weight excluding hydrogens is 496 g/mol. The molecule has 0 aromatic heterocycles. The first-order valence-corrected chi connectivity index (χ1v) is 14.2. The van der Waals surface area contributed by atoms with Crippen LogP contribution in [0.4, 0.5) is 5.69 Å². The fourth-order valence-corrected chi connectivity index (χ4v) is 6.20. The summed E-state index contributed by atoms with van der Waals surface area (Å²) in [5.41, 5.74) is 6.07. The number of nitrogens with zero attached hydrogens (tertiary/aromatic N) is 1. The highest BCUT2D eigenvalue weighted by atomic mass is 32.2. The Morgan fingerprint density at radius 2 is 1.74 bits per heavy atom. The van der Waals surface area contributed by atoms with Gasteiger partial charge in [-0.15, -0.1) is 11.8 Å². The standard InChI is InChI=1S/C31H32N2O4S/c1-33(27-10-13-35-14-11-27)19-21-2-6-26(7-3-21)32-31(34)24-12-15-38-30-9-5-22(16-25(30)17-24)23-4-8-28-29(18-23)37-20-36-28/h2-9,16-18,27H,10-15,19-20H2,1H3,(H,32,34). The Hall–Kier alpha value is -3.26. The van der Waals surface area contributed by atoms with Crippen molar-refractivity contribution in [2.45, 2.75) is 36.7 Å². The van der Waals surface area contributed by atoms with E-state index in [2.05, 4.69) is 47.6 Å². The average Bonchev–Trinajstić information content (AvgIpc) is 3.32. The monoisotopic (exact) mass is 528 g/mol. The molecule has 3 aliphatic heterocycles. The van der Waals surface area contributed by atoms with E-state index in [9.17, 15) is 4.79 Å². The van der Waals surface area contributed by atoms with Gasteiger partial charge in [0.2, 0.25) is 6.79 Å². The summed E-state index contributed by atoms with van der Waals surface area (Å²) in [6, 6.07) is 21.2. The molecule has 7 heteroatoms. The van der Waals surface area contributed by atoms with Crippen LogP contribution in [0.15, 0.2) is 71.1 Å². The molecule has 0 aliphatic carbocycles. The second-order valence-electron chi connectivity index (χ2n) is 10.00. The van der Waals surface area contributed by atoms with Crippen molar-refractivity contribution in [3.63, 3.8) is 0 Å². The van der Waals surface area contributed by atoms with Crippen molar-refractivity contribution in [3.05, 3.63) is 77.4 Å². The maximum atomic E-state index is 13.2. The van der Waals surface area contributed by atoms with Gasteiger partial charge >= 0.3 is 0 Å². The minimum Gasteiger partial charge on any atom is -0.454 e. The van der Waals surface area contributed by atoms with Gasteiger partial charge in [-0.3, -0.25) is 9.69 Å². The molecule has 0 radical (unpaired) electrons. The van der Waals surface area contributed by atoms with Gasteiger partial charge in [0.05, 0.1) is 0 Å². The van der Waals surface area contributed by atoms with Gasteiger partial charge in [-0.05, 0) is 91.0 Å². The zero-order valence-corrected chi connectivity index (χ0v) is 22.4. The first kappa shape index (κ1) is 25.0. The molecule has 6 nitrogen and oxygen atoms in total. The predicted octanol–water partition coefficient (Wildman–Crippen LogP) is 6.21. The lowest BCUT2D eigenvalue weighted by Gasteiger charge is -2.31. The summed E-state index contributed by atoms with van der Waals surface area (Å²) >= 11 is 1.79. The maximum absolute atomic E-state index is 13.2. The maximum Gasteiger partial charge on any atom is 0.251 e.